The van der Waals surface area contributed by atoms with Crippen LogP contribution in [-0.4, -0.2) is 26.7 Å². The molecule has 0 spiro atoms. The lowest BCUT2D eigenvalue weighted by Gasteiger charge is -2.14. The number of aryl methyl sites for hydroxylation is 1. The summed E-state index contributed by atoms with van der Waals surface area (Å²) in [4.78, 5) is 22.5. The zero-order chi connectivity index (χ0) is 14.2. The van der Waals surface area contributed by atoms with Crippen molar-refractivity contribution in [1.29, 1.82) is 0 Å². The molecule has 0 atom stereocenters. The van der Waals surface area contributed by atoms with Crippen molar-refractivity contribution in [3.8, 4) is 0 Å². The Balaban J connectivity index is 2.71. The van der Waals surface area contributed by atoms with E-state index in [4.69, 9.17) is 0 Å². The molecule has 1 aliphatic carbocycles. The van der Waals surface area contributed by atoms with Gasteiger partial charge in [0, 0.05) is 11.8 Å². The fraction of sp³-hybridized carbons (Fsp3) is 0.429. The molecule has 0 amide bonds. The van der Waals surface area contributed by atoms with E-state index in [0.29, 0.717) is 6.29 Å². The number of sulfone groups is 1. The van der Waals surface area contributed by atoms with Crippen LogP contribution < -0.4 is 0 Å². The first kappa shape index (κ1) is 13.9. The molecule has 0 N–H and O–H groups in total. The lowest BCUT2D eigenvalue weighted by molar-refractivity contribution is -0.107. The van der Waals surface area contributed by atoms with Crippen molar-refractivity contribution >= 4 is 21.9 Å². The van der Waals surface area contributed by atoms with Crippen LogP contribution in [-0.2, 0) is 14.6 Å². The lowest BCUT2D eigenvalue weighted by atomic mass is 9.98. The Morgan fingerprint density at radius 2 is 2.00 bits per heavy atom. The van der Waals surface area contributed by atoms with Crippen molar-refractivity contribution < 1.29 is 18.0 Å². The van der Waals surface area contributed by atoms with Crippen molar-refractivity contribution in [2.75, 3.05) is 6.26 Å². The molecule has 0 bridgehead atoms. The first-order valence-electron chi connectivity index (χ1n) is 6.16. The predicted octanol–water partition coefficient (Wildman–Crippen LogP) is 2.05. The third kappa shape index (κ3) is 2.76. The minimum Gasteiger partial charge on any atom is -0.303 e. The number of hydrogen-bond donors (Lipinski definition) is 0. The smallest absolute Gasteiger partial charge is 0.176 e. The summed E-state index contributed by atoms with van der Waals surface area (Å²) in [5, 5.41) is 0. The van der Waals surface area contributed by atoms with Crippen LogP contribution in [0.5, 0.6) is 0 Å². The third-order valence-corrected chi connectivity index (χ3v) is 4.52. The standard InChI is InChI=1S/C14H16O4S/c1-9-3-6-11(12(16)7-8-15)14(19(2,17)18)13(9)10-4-5-10/h3,6,8,10H,4-5,7H2,1-2H3. The van der Waals surface area contributed by atoms with E-state index in [2.05, 4.69) is 0 Å². The van der Waals surface area contributed by atoms with Gasteiger partial charge in [-0.3, -0.25) is 4.79 Å². The highest BCUT2D eigenvalue weighted by Crippen LogP contribution is 2.45. The van der Waals surface area contributed by atoms with Gasteiger partial charge >= 0.3 is 0 Å². The van der Waals surface area contributed by atoms with Crippen molar-refractivity contribution in [2.24, 2.45) is 0 Å². The quantitative estimate of drug-likeness (QED) is 0.470. The first-order valence-corrected chi connectivity index (χ1v) is 8.05. The predicted molar refractivity (Wildman–Crippen MR) is 71.3 cm³/mol. The summed E-state index contributed by atoms with van der Waals surface area (Å²) in [5.41, 5.74) is 1.81. The second kappa shape index (κ2) is 4.89. The first-order chi connectivity index (χ1) is 8.86. The fourth-order valence-corrected chi connectivity index (χ4v) is 3.69. The molecule has 0 aromatic heterocycles. The normalized spacial score (nSPS) is 15.3. The highest BCUT2D eigenvalue weighted by Gasteiger charge is 2.33. The van der Waals surface area contributed by atoms with E-state index in [1.165, 1.54) is 6.07 Å². The van der Waals surface area contributed by atoms with E-state index in [0.717, 1.165) is 30.2 Å². The molecule has 19 heavy (non-hydrogen) atoms. The van der Waals surface area contributed by atoms with Gasteiger partial charge in [0.05, 0.1) is 11.3 Å². The zero-order valence-corrected chi connectivity index (χ0v) is 11.8. The molecule has 0 radical (unpaired) electrons. The van der Waals surface area contributed by atoms with E-state index >= 15 is 0 Å². The summed E-state index contributed by atoms with van der Waals surface area (Å²) in [6.07, 6.45) is 3.25. The Morgan fingerprint density at radius 1 is 1.37 bits per heavy atom. The van der Waals surface area contributed by atoms with Gasteiger partial charge in [0.1, 0.15) is 6.29 Å². The minimum absolute atomic E-state index is 0.127. The zero-order valence-electron chi connectivity index (χ0n) is 11.0. The summed E-state index contributed by atoms with van der Waals surface area (Å²) in [6, 6.07) is 3.28. The molecule has 0 heterocycles. The minimum atomic E-state index is -3.49. The van der Waals surface area contributed by atoms with E-state index in [1.54, 1.807) is 6.07 Å². The monoisotopic (exact) mass is 280 g/mol. The summed E-state index contributed by atoms with van der Waals surface area (Å²) >= 11 is 0. The molecule has 2 rings (SSSR count). The van der Waals surface area contributed by atoms with Gasteiger partial charge in [-0.2, -0.15) is 0 Å². The van der Waals surface area contributed by atoms with Crippen LogP contribution in [0, 0.1) is 6.92 Å². The van der Waals surface area contributed by atoms with Gasteiger partial charge in [0.2, 0.25) is 0 Å². The summed E-state index contributed by atoms with van der Waals surface area (Å²) in [6.45, 7) is 1.86. The molecule has 102 valence electrons. The molecule has 5 heteroatoms. The van der Waals surface area contributed by atoms with E-state index in [-0.39, 0.29) is 22.8 Å². The molecule has 0 unspecified atom stereocenters. The topological polar surface area (TPSA) is 68.3 Å². The van der Waals surface area contributed by atoms with Crippen LogP contribution in [0.2, 0.25) is 0 Å². The maximum absolute atomic E-state index is 12.0. The largest absolute Gasteiger partial charge is 0.303 e. The van der Waals surface area contributed by atoms with Crippen LogP contribution >= 0.6 is 0 Å². The average Bonchev–Trinajstić information content (AvgIpc) is 3.11. The van der Waals surface area contributed by atoms with Gasteiger partial charge < -0.3 is 4.79 Å². The molecule has 1 aromatic carbocycles. The van der Waals surface area contributed by atoms with Crippen LogP contribution in [0.1, 0.15) is 46.7 Å². The van der Waals surface area contributed by atoms with Crippen molar-refractivity contribution in [3.63, 3.8) is 0 Å². The van der Waals surface area contributed by atoms with Gasteiger partial charge in [-0.05, 0) is 42.9 Å². The van der Waals surface area contributed by atoms with Gasteiger partial charge in [0.15, 0.2) is 15.6 Å². The summed E-state index contributed by atoms with van der Waals surface area (Å²) < 4.78 is 24.1. The second-order valence-corrected chi connectivity index (χ2v) is 6.97. The number of hydrogen-bond acceptors (Lipinski definition) is 4. The SMILES string of the molecule is Cc1ccc(C(=O)CC=O)c(S(C)(=O)=O)c1C1CC1. The van der Waals surface area contributed by atoms with Crippen LogP contribution in [0.25, 0.3) is 0 Å². The molecule has 1 saturated carbocycles. The fourth-order valence-electron chi connectivity index (χ4n) is 2.38. The Labute approximate surface area is 112 Å². The van der Waals surface area contributed by atoms with Crippen LogP contribution in [0.4, 0.5) is 0 Å². The average molecular weight is 280 g/mol. The Kier molecular flexibility index (Phi) is 3.58. The summed E-state index contributed by atoms with van der Waals surface area (Å²) in [7, 11) is -3.49. The van der Waals surface area contributed by atoms with Gasteiger partial charge in [0.25, 0.3) is 0 Å². The Hall–Kier alpha value is -1.49. The Bertz CT molecular complexity index is 640. The Morgan fingerprint density at radius 3 is 2.47 bits per heavy atom. The van der Waals surface area contributed by atoms with Crippen molar-refractivity contribution in [3.05, 3.63) is 28.8 Å². The number of carbonyl (C=O) groups excluding carboxylic acids is 2. The number of benzene rings is 1. The van der Waals surface area contributed by atoms with Gasteiger partial charge in [-0.15, -0.1) is 0 Å². The van der Waals surface area contributed by atoms with E-state index in [1.807, 2.05) is 6.92 Å². The number of ketones is 1. The highest BCUT2D eigenvalue weighted by atomic mass is 32.2. The number of Topliss-reactive ketones (excluding diaryl/α,β-unsaturated/α-hetero) is 1. The van der Waals surface area contributed by atoms with Gasteiger partial charge in [-0.25, -0.2) is 8.42 Å². The molecule has 0 aliphatic heterocycles. The number of carbonyl (C=O) groups is 2. The third-order valence-electron chi connectivity index (χ3n) is 3.34. The van der Waals surface area contributed by atoms with Crippen molar-refractivity contribution in [1.82, 2.24) is 0 Å². The molecule has 1 aromatic rings. The summed E-state index contributed by atoms with van der Waals surface area (Å²) in [5.74, 6) is -0.203. The van der Waals surface area contributed by atoms with Crippen molar-refractivity contribution in [2.45, 2.75) is 37.0 Å². The number of aldehydes is 1. The van der Waals surface area contributed by atoms with E-state index in [9.17, 15) is 18.0 Å². The molecule has 1 aliphatic rings. The molecular weight excluding hydrogens is 264 g/mol. The molecule has 4 nitrogen and oxygen atoms in total. The highest BCUT2D eigenvalue weighted by molar-refractivity contribution is 7.90. The second-order valence-electron chi connectivity index (χ2n) is 5.01. The van der Waals surface area contributed by atoms with Gasteiger partial charge in [-0.1, -0.05) is 6.07 Å². The van der Waals surface area contributed by atoms with Crippen LogP contribution in [0.3, 0.4) is 0 Å². The maximum Gasteiger partial charge on any atom is 0.176 e. The van der Waals surface area contributed by atoms with E-state index < -0.39 is 15.6 Å². The molecule has 1 fully saturated rings. The van der Waals surface area contributed by atoms with Crippen LogP contribution in [0.15, 0.2) is 17.0 Å². The maximum atomic E-state index is 12.0. The lowest BCUT2D eigenvalue weighted by Crippen LogP contribution is -2.12. The molecule has 0 saturated heterocycles. The number of rotatable bonds is 5. The molecular formula is C14H16O4S.